The van der Waals surface area contributed by atoms with Crippen molar-refractivity contribution in [2.45, 2.75) is 70.8 Å². The van der Waals surface area contributed by atoms with Crippen LogP contribution in [0.15, 0.2) is 4.52 Å². The minimum absolute atomic E-state index is 0.112. The van der Waals surface area contributed by atoms with Crippen LogP contribution in [0, 0.1) is 5.92 Å². The van der Waals surface area contributed by atoms with Gasteiger partial charge in [-0.25, -0.2) is 0 Å². The molecule has 2 heterocycles. The van der Waals surface area contributed by atoms with Crippen LogP contribution in [0.5, 0.6) is 0 Å². The number of carbonyl (C=O) groups is 1. The molecule has 1 aromatic rings. The van der Waals surface area contributed by atoms with Crippen molar-refractivity contribution in [2.24, 2.45) is 5.92 Å². The van der Waals surface area contributed by atoms with Crippen LogP contribution < -0.4 is 5.32 Å². The highest BCUT2D eigenvalue weighted by atomic mass is 16.5. The van der Waals surface area contributed by atoms with Crippen LogP contribution in [-0.4, -0.2) is 46.6 Å². The second-order valence-electron chi connectivity index (χ2n) is 7.50. The molecule has 1 amide bonds. The summed E-state index contributed by atoms with van der Waals surface area (Å²) in [4.78, 5) is 19.3. The van der Waals surface area contributed by atoms with Crippen molar-refractivity contribution in [1.82, 2.24) is 20.4 Å². The Morgan fingerprint density at radius 2 is 2.08 bits per heavy atom. The van der Waals surface area contributed by atoms with Crippen LogP contribution in [-0.2, 0) is 11.2 Å². The van der Waals surface area contributed by atoms with Crippen molar-refractivity contribution in [3.05, 3.63) is 11.7 Å². The van der Waals surface area contributed by atoms with Crippen LogP contribution in [0.3, 0.4) is 0 Å². The summed E-state index contributed by atoms with van der Waals surface area (Å²) in [6.45, 7) is 6.95. The van der Waals surface area contributed by atoms with E-state index in [-0.39, 0.29) is 11.8 Å². The maximum Gasteiger partial charge on any atom is 0.229 e. The summed E-state index contributed by atoms with van der Waals surface area (Å²) in [5.41, 5.74) is 0. The zero-order valence-corrected chi connectivity index (χ0v) is 15.0. The largest absolute Gasteiger partial charge is 0.355 e. The molecule has 6 heteroatoms. The first kappa shape index (κ1) is 17.4. The highest BCUT2D eigenvalue weighted by Gasteiger charge is 2.27. The number of hydrogen-bond acceptors (Lipinski definition) is 5. The van der Waals surface area contributed by atoms with Crippen molar-refractivity contribution in [2.75, 3.05) is 19.6 Å². The second kappa shape index (κ2) is 8.10. The van der Waals surface area contributed by atoms with E-state index in [9.17, 15) is 4.79 Å². The van der Waals surface area contributed by atoms with Gasteiger partial charge in [0.25, 0.3) is 0 Å². The normalized spacial score (nSPS) is 23.0. The summed E-state index contributed by atoms with van der Waals surface area (Å²) in [5.74, 6) is 2.23. The predicted octanol–water partition coefficient (Wildman–Crippen LogP) is 2.51. The lowest BCUT2D eigenvalue weighted by atomic mass is 9.96. The molecule has 2 aliphatic rings. The van der Waals surface area contributed by atoms with Gasteiger partial charge in [0.15, 0.2) is 5.82 Å². The molecule has 1 saturated carbocycles. The third-order valence-corrected chi connectivity index (χ3v) is 5.39. The second-order valence-corrected chi connectivity index (χ2v) is 7.50. The molecule has 0 unspecified atom stereocenters. The Morgan fingerprint density at radius 3 is 2.83 bits per heavy atom. The molecule has 2 fully saturated rings. The van der Waals surface area contributed by atoms with Gasteiger partial charge in [0, 0.05) is 31.5 Å². The summed E-state index contributed by atoms with van der Waals surface area (Å²) in [6, 6.07) is 0.508. The number of aromatic nitrogens is 2. The third kappa shape index (κ3) is 4.35. The van der Waals surface area contributed by atoms with E-state index in [0.29, 0.717) is 30.7 Å². The molecule has 0 bridgehead atoms. The third-order valence-electron chi connectivity index (χ3n) is 5.39. The summed E-state index contributed by atoms with van der Waals surface area (Å²) >= 11 is 0. The predicted molar refractivity (Wildman–Crippen MR) is 91.7 cm³/mol. The van der Waals surface area contributed by atoms with Gasteiger partial charge >= 0.3 is 0 Å². The van der Waals surface area contributed by atoms with Gasteiger partial charge in [-0.15, -0.1) is 0 Å². The number of hydrogen-bond donors (Lipinski definition) is 1. The molecule has 1 aliphatic carbocycles. The summed E-state index contributed by atoms with van der Waals surface area (Å²) < 4.78 is 5.38. The molecule has 24 heavy (non-hydrogen) atoms. The van der Waals surface area contributed by atoms with Gasteiger partial charge in [0.05, 0.1) is 5.92 Å². The average molecular weight is 334 g/mol. The van der Waals surface area contributed by atoms with E-state index in [1.54, 1.807) is 0 Å². The molecule has 1 saturated heterocycles. The number of rotatable bonds is 6. The fourth-order valence-electron chi connectivity index (χ4n) is 3.84. The minimum atomic E-state index is 0.112. The van der Waals surface area contributed by atoms with Gasteiger partial charge in [0.2, 0.25) is 11.8 Å². The maximum absolute atomic E-state index is 12.4. The molecule has 0 aromatic carbocycles. The topological polar surface area (TPSA) is 71.3 Å². The molecular formula is C18H30N4O2. The average Bonchev–Trinajstić information content (AvgIpc) is 3.26. The van der Waals surface area contributed by atoms with Crippen LogP contribution in [0.25, 0.3) is 0 Å². The van der Waals surface area contributed by atoms with Crippen molar-refractivity contribution in [1.29, 1.82) is 0 Å². The Hall–Kier alpha value is -1.43. The van der Waals surface area contributed by atoms with Gasteiger partial charge < -0.3 is 14.7 Å². The fraction of sp³-hybridized carbons (Fsp3) is 0.833. The van der Waals surface area contributed by atoms with E-state index >= 15 is 0 Å². The first-order chi connectivity index (χ1) is 11.6. The Morgan fingerprint density at radius 1 is 1.29 bits per heavy atom. The van der Waals surface area contributed by atoms with Gasteiger partial charge in [-0.2, -0.15) is 4.98 Å². The molecule has 0 radical (unpaired) electrons. The van der Waals surface area contributed by atoms with Crippen LogP contribution >= 0.6 is 0 Å². The lowest BCUT2D eigenvalue weighted by molar-refractivity contribution is -0.126. The number of nitrogens with one attached hydrogen (secondary N) is 1. The Kier molecular flexibility index (Phi) is 5.87. The van der Waals surface area contributed by atoms with Crippen molar-refractivity contribution in [3.63, 3.8) is 0 Å². The van der Waals surface area contributed by atoms with Crippen LogP contribution in [0.4, 0.5) is 0 Å². The van der Waals surface area contributed by atoms with Crippen LogP contribution in [0.1, 0.15) is 70.0 Å². The number of likely N-dealkylation sites (tertiary alicyclic amines) is 1. The lowest BCUT2D eigenvalue weighted by Gasteiger charge is -2.34. The van der Waals surface area contributed by atoms with Gasteiger partial charge in [-0.1, -0.05) is 18.0 Å². The van der Waals surface area contributed by atoms with Gasteiger partial charge in [-0.3, -0.25) is 4.79 Å². The smallest absolute Gasteiger partial charge is 0.229 e. The van der Waals surface area contributed by atoms with E-state index in [4.69, 9.17) is 4.52 Å². The maximum atomic E-state index is 12.4. The molecule has 134 valence electrons. The van der Waals surface area contributed by atoms with E-state index in [1.165, 1.54) is 12.8 Å². The molecule has 6 nitrogen and oxygen atoms in total. The van der Waals surface area contributed by atoms with Crippen molar-refractivity contribution < 1.29 is 9.32 Å². The van der Waals surface area contributed by atoms with Gasteiger partial charge in [-0.05, 0) is 46.1 Å². The van der Waals surface area contributed by atoms with Gasteiger partial charge in [0.1, 0.15) is 0 Å². The molecule has 1 aromatic heterocycles. The standard InChI is InChI=1S/C18H30N4O2/c1-13(2)22-11-5-8-15(12-22)17(23)19-10-9-16-20-18(24-21-16)14-6-3-4-7-14/h13-15H,3-12H2,1-2H3,(H,19,23)/t15-/m1/s1. The van der Waals surface area contributed by atoms with Crippen molar-refractivity contribution >= 4 is 5.91 Å². The zero-order chi connectivity index (χ0) is 16.9. The van der Waals surface area contributed by atoms with E-state index in [0.717, 1.165) is 44.7 Å². The monoisotopic (exact) mass is 334 g/mol. The number of nitrogens with zero attached hydrogens (tertiary/aromatic N) is 3. The fourth-order valence-corrected chi connectivity index (χ4v) is 3.84. The number of carbonyl (C=O) groups excluding carboxylic acids is 1. The molecule has 0 spiro atoms. The van der Waals surface area contributed by atoms with Crippen LogP contribution in [0.2, 0.25) is 0 Å². The quantitative estimate of drug-likeness (QED) is 0.865. The highest BCUT2D eigenvalue weighted by Crippen LogP contribution is 2.32. The SMILES string of the molecule is CC(C)N1CCC[C@@H](C(=O)NCCc2noc(C3CCCC3)n2)C1. The molecule has 1 atom stereocenters. The highest BCUT2D eigenvalue weighted by molar-refractivity contribution is 5.78. The minimum Gasteiger partial charge on any atom is -0.355 e. The summed E-state index contributed by atoms with van der Waals surface area (Å²) in [5, 5.41) is 7.11. The van der Waals surface area contributed by atoms with Crippen molar-refractivity contribution in [3.8, 4) is 0 Å². The number of amides is 1. The van der Waals surface area contributed by atoms with E-state index in [1.807, 2.05) is 0 Å². The Labute approximate surface area is 144 Å². The molecule has 1 N–H and O–H groups in total. The molecular weight excluding hydrogens is 304 g/mol. The summed E-state index contributed by atoms with van der Waals surface area (Å²) in [6.07, 6.45) is 7.57. The van der Waals surface area contributed by atoms with E-state index in [2.05, 4.69) is 34.2 Å². The zero-order valence-electron chi connectivity index (χ0n) is 15.0. The Bertz CT molecular complexity index is 537. The number of piperidine rings is 1. The lowest BCUT2D eigenvalue weighted by Crippen LogP contribution is -2.45. The first-order valence-electron chi connectivity index (χ1n) is 9.47. The Balaban J connectivity index is 1.42. The molecule has 3 rings (SSSR count). The summed E-state index contributed by atoms with van der Waals surface area (Å²) in [7, 11) is 0. The van der Waals surface area contributed by atoms with E-state index < -0.39 is 0 Å². The molecule has 1 aliphatic heterocycles. The first-order valence-corrected chi connectivity index (χ1v) is 9.47.